The fourth-order valence-corrected chi connectivity index (χ4v) is 5.34. The van der Waals surface area contributed by atoms with E-state index in [0.29, 0.717) is 31.5 Å². The van der Waals surface area contributed by atoms with Crippen LogP contribution in [0.5, 0.6) is 0 Å². The first kappa shape index (κ1) is 24.8. The normalized spacial score (nSPS) is 26.7. The minimum Gasteiger partial charge on any atom is -0.444 e. The van der Waals surface area contributed by atoms with Crippen molar-refractivity contribution >= 4 is 17.9 Å². The topological polar surface area (TPSA) is 82.2 Å². The lowest BCUT2D eigenvalue weighted by molar-refractivity contribution is -0.137. The fraction of sp³-hybridized carbons (Fsp3) is 0.875. The SMILES string of the molecule is CC(=O)N(C1CCC(C)(C)CC1)[C@H]1C[C@@H](C(=O)N2CCNCC2)N(C(=O)OC(C)(C)C)C1. The van der Waals surface area contributed by atoms with Gasteiger partial charge in [0, 0.05) is 45.7 Å². The number of carbonyl (C=O) groups excluding carboxylic acids is 3. The van der Waals surface area contributed by atoms with Gasteiger partial charge in [0.05, 0.1) is 6.04 Å². The number of amides is 3. The monoisotopic (exact) mass is 450 g/mol. The minimum absolute atomic E-state index is 0.0270. The third-order valence-electron chi connectivity index (χ3n) is 7.08. The van der Waals surface area contributed by atoms with Gasteiger partial charge in [0.15, 0.2) is 0 Å². The molecular formula is C24H42N4O4. The molecule has 8 heteroatoms. The van der Waals surface area contributed by atoms with Crippen LogP contribution in [0.1, 0.15) is 73.6 Å². The first-order chi connectivity index (χ1) is 14.9. The molecular weight excluding hydrogens is 408 g/mol. The van der Waals surface area contributed by atoms with Crippen molar-refractivity contribution in [3.8, 4) is 0 Å². The van der Waals surface area contributed by atoms with Crippen molar-refractivity contribution in [1.82, 2.24) is 20.0 Å². The number of nitrogens with one attached hydrogen (secondary N) is 1. The first-order valence-corrected chi connectivity index (χ1v) is 12.2. The van der Waals surface area contributed by atoms with Gasteiger partial charge in [0.2, 0.25) is 11.8 Å². The summed E-state index contributed by atoms with van der Waals surface area (Å²) in [5, 5.41) is 3.26. The molecule has 0 bridgehead atoms. The number of rotatable bonds is 3. The molecule has 3 rings (SSSR count). The maximum atomic E-state index is 13.4. The van der Waals surface area contributed by atoms with E-state index < -0.39 is 17.7 Å². The highest BCUT2D eigenvalue weighted by atomic mass is 16.6. The summed E-state index contributed by atoms with van der Waals surface area (Å²) in [6, 6.07) is -0.586. The average Bonchev–Trinajstić information content (AvgIpc) is 3.13. The van der Waals surface area contributed by atoms with Crippen LogP contribution in [0.25, 0.3) is 0 Å². The predicted molar refractivity (Wildman–Crippen MR) is 123 cm³/mol. The van der Waals surface area contributed by atoms with E-state index in [2.05, 4.69) is 19.2 Å². The molecule has 1 saturated carbocycles. The quantitative estimate of drug-likeness (QED) is 0.715. The average molecular weight is 451 g/mol. The fourth-order valence-electron chi connectivity index (χ4n) is 5.34. The van der Waals surface area contributed by atoms with Crippen LogP contribution in [0.3, 0.4) is 0 Å². The van der Waals surface area contributed by atoms with E-state index in [1.165, 1.54) is 0 Å². The van der Waals surface area contributed by atoms with E-state index in [4.69, 9.17) is 4.74 Å². The molecule has 182 valence electrons. The Kier molecular flexibility index (Phi) is 7.42. The Morgan fingerprint density at radius 2 is 1.62 bits per heavy atom. The smallest absolute Gasteiger partial charge is 0.411 e. The lowest BCUT2D eigenvalue weighted by atomic mass is 9.75. The van der Waals surface area contributed by atoms with Crippen LogP contribution in [0.15, 0.2) is 0 Å². The molecule has 0 unspecified atom stereocenters. The molecule has 2 aliphatic heterocycles. The summed E-state index contributed by atoms with van der Waals surface area (Å²) in [5.41, 5.74) is -0.342. The number of piperazine rings is 1. The predicted octanol–water partition coefficient (Wildman–Crippen LogP) is 2.61. The third-order valence-corrected chi connectivity index (χ3v) is 7.08. The molecule has 32 heavy (non-hydrogen) atoms. The van der Waals surface area contributed by atoms with E-state index in [-0.39, 0.29) is 23.9 Å². The minimum atomic E-state index is -0.646. The van der Waals surface area contributed by atoms with Gasteiger partial charge in [0.25, 0.3) is 0 Å². The Hall–Kier alpha value is -1.83. The Balaban J connectivity index is 1.81. The van der Waals surface area contributed by atoms with Gasteiger partial charge in [-0.15, -0.1) is 0 Å². The van der Waals surface area contributed by atoms with Crippen LogP contribution >= 0.6 is 0 Å². The van der Waals surface area contributed by atoms with Crippen molar-refractivity contribution in [3.63, 3.8) is 0 Å². The molecule has 1 N–H and O–H groups in total. The number of ether oxygens (including phenoxy) is 1. The summed E-state index contributed by atoms with van der Waals surface area (Å²) >= 11 is 0. The van der Waals surface area contributed by atoms with E-state index in [0.717, 1.165) is 38.8 Å². The molecule has 0 spiro atoms. The second kappa shape index (κ2) is 9.57. The maximum Gasteiger partial charge on any atom is 0.411 e. The molecule has 0 radical (unpaired) electrons. The van der Waals surface area contributed by atoms with Gasteiger partial charge in [0.1, 0.15) is 11.6 Å². The summed E-state index contributed by atoms with van der Waals surface area (Å²) < 4.78 is 5.65. The van der Waals surface area contributed by atoms with Crippen molar-refractivity contribution in [2.24, 2.45) is 5.41 Å². The molecule has 2 saturated heterocycles. The number of nitrogens with zero attached hydrogens (tertiary/aromatic N) is 3. The third kappa shape index (κ3) is 5.94. The zero-order chi connectivity index (χ0) is 23.7. The van der Waals surface area contributed by atoms with Gasteiger partial charge < -0.3 is 19.9 Å². The Labute approximate surface area is 193 Å². The van der Waals surface area contributed by atoms with Gasteiger partial charge in [-0.25, -0.2) is 4.79 Å². The molecule has 3 aliphatic rings. The van der Waals surface area contributed by atoms with E-state index in [9.17, 15) is 14.4 Å². The Morgan fingerprint density at radius 1 is 1.03 bits per heavy atom. The van der Waals surface area contributed by atoms with Gasteiger partial charge in [-0.1, -0.05) is 13.8 Å². The largest absolute Gasteiger partial charge is 0.444 e. The van der Waals surface area contributed by atoms with Gasteiger partial charge in [-0.05, 0) is 58.3 Å². The van der Waals surface area contributed by atoms with E-state index in [1.54, 1.807) is 11.8 Å². The van der Waals surface area contributed by atoms with Crippen molar-refractivity contribution in [2.75, 3.05) is 32.7 Å². The molecule has 0 aromatic rings. The molecule has 2 heterocycles. The number of likely N-dealkylation sites (tertiary alicyclic amines) is 1. The summed E-state index contributed by atoms with van der Waals surface area (Å²) in [7, 11) is 0. The lowest BCUT2D eigenvalue weighted by Crippen LogP contribution is -2.53. The van der Waals surface area contributed by atoms with Crippen molar-refractivity contribution in [1.29, 1.82) is 0 Å². The highest BCUT2D eigenvalue weighted by Gasteiger charge is 2.47. The summed E-state index contributed by atoms with van der Waals surface area (Å²) in [4.78, 5) is 44.6. The molecule has 8 nitrogen and oxygen atoms in total. The summed E-state index contributed by atoms with van der Waals surface area (Å²) in [6.45, 7) is 14.8. The molecule has 0 aromatic carbocycles. The summed E-state index contributed by atoms with van der Waals surface area (Å²) in [5.74, 6) is -0.00717. The maximum absolute atomic E-state index is 13.4. The number of hydrogen-bond acceptors (Lipinski definition) is 5. The van der Waals surface area contributed by atoms with Gasteiger partial charge in [-0.2, -0.15) is 0 Å². The molecule has 0 aromatic heterocycles. The van der Waals surface area contributed by atoms with Gasteiger partial charge >= 0.3 is 6.09 Å². The highest BCUT2D eigenvalue weighted by molar-refractivity contribution is 5.87. The number of hydrogen-bond donors (Lipinski definition) is 1. The Bertz CT molecular complexity index is 701. The van der Waals surface area contributed by atoms with Crippen LogP contribution in [0.4, 0.5) is 4.79 Å². The molecule has 2 atom stereocenters. The van der Waals surface area contributed by atoms with Crippen molar-refractivity contribution in [3.05, 3.63) is 0 Å². The molecule has 1 aliphatic carbocycles. The van der Waals surface area contributed by atoms with Crippen LogP contribution in [-0.2, 0) is 14.3 Å². The zero-order valence-corrected chi connectivity index (χ0v) is 20.8. The van der Waals surface area contributed by atoms with E-state index in [1.807, 2.05) is 30.6 Å². The van der Waals surface area contributed by atoms with Crippen LogP contribution < -0.4 is 5.32 Å². The Morgan fingerprint density at radius 3 is 2.16 bits per heavy atom. The van der Waals surface area contributed by atoms with Crippen LogP contribution in [0.2, 0.25) is 0 Å². The van der Waals surface area contributed by atoms with Gasteiger partial charge in [-0.3, -0.25) is 14.5 Å². The lowest BCUT2D eigenvalue weighted by Gasteiger charge is -2.42. The second-order valence-electron chi connectivity index (χ2n) is 11.4. The van der Waals surface area contributed by atoms with Crippen molar-refractivity contribution < 1.29 is 19.1 Å². The standard InChI is InChI=1S/C24H42N4O4/c1-17(29)28(18-7-9-24(5,6)10-8-18)19-15-20(21(30)26-13-11-25-12-14-26)27(16-19)22(31)32-23(2,3)4/h18-20,25H,7-16H2,1-6H3/t19-,20-/m0/s1. The summed E-state index contributed by atoms with van der Waals surface area (Å²) in [6.07, 6.45) is 4.08. The zero-order valence-electron chi connectivity index (χ0n) is 20.8. The second-order valence-corrected chi connectivity index (χ2v) is 11.4. The first-order valence-electron chi connectivity index (χ1n) is 12.2. The number of carbonyl (C=O) groups is 3. The highest BCUT2D eigenvalue weighted by Crippen LogP contribution is 2.39. The van der Waals surface area contributed by atoms with Crippen molar-refractivity contribution in [2.45, 2.75) is 97.4 Å². The van der Waals surface area contributed by atoms with Crippen LogP contribution in [-0.4, -0.2) is 89.1 Å². The molecule has 3 fully saturated rings. The van der Waals surface area contributed by atoms with Crippen LogP contribution in [0, 0.1) is 5.41 Å². The molecule has 3 amide bonds. The van der Waals surface area contributed by atoms with E-state index >= 15 is 0 Å².